The van der Waals surface area contributed by atoms with Crippen LogP contribution in [0.2, 0.25) is 0 Å². The summed E-state index contributed by atoms with van der Waals surface area (Å²) >= 11 is 0. The minimum Gasteiger partial charge on any atom is -0.497 e. The van der Waals surface area contributed by atoms with Gasteiger partial charge >= 0.3 is 0 Å². The average molecular weight is 194 g/mol. The van der Waals surface area contributed by atoms with Crippen LogP contribution in [0, 0.1) is 0 Å². The molecule has 14 heavy (non-hydrogen) atoms. The minimum atomic E-state index is 0.350. The van der Waals surface area contributed by atoms with Gasteiger partial charge in [0.1, 0.15) is 5.75 Å². The van der Waals surface area contributed by atoms with Crippen molar-refractivity contribution in [3.63, 3.8) is 0 Å². The molecule has 0 aliphatic rings. The summed E-state index contributed by atoms with van der Waals surface area (Å²) < 4.78 is 5.07. The van der Waals surface area contributed by atoms with Crippen molar-refractivity contribution in [2.24, 2.45) is 5.73 Å². The van der Waals surface area contributed by atoms with Crippen molar-refractivity contribution in [2.75, 3.05) is 19.0 Å². The SMILES string of the molecule is CCC(CN)Nc1ccc(OC)cc1. The summed E-state index contributed by atoms with van der Waals surface area (Å²) in [5.74, 6) is 0.872. The number of anilines is 1. The fraction of sp³-hybridized carbons (Fsp3) is 0.455. The van der Waals surface area contributed by atoms with Gasteiger partial charge in [-0.3, -0.25) is 0 Å². The summed E-state index contributed by atoms with van der Waals surface area (Å²) in [6.07, 6.45) is 1.03. The molecule has 0 aliphatic heterocycles. The lowest BCUT2D eigenvalue weighted by molar-refractivity contribution is 0.415. The van der Waals surface area contributed by atoms with Gasteiger partial charge in [-0.25, -0.2) is 0 Å². The number of hydrogen-bond acceptors (Lipinski definition) is 3. The van der Waals surface area contributed by atoms with Crippen LogP contribution in [0.4, 0.5) is 5.69 Å². The first-order valence-electron chi connectivity index (χ1n) is 4.90. The molecule has 0 radical (unpaired) electrons. The van der Waals surface area contributed by atoms with Gasteiger partial charge in [-0.2, -0.15) is 0 Å². The van der Waals surface area contributed by atoms with Crippen LogP contribution in [0.5, 0.6) is 5.75 Å². The third-order valence-corrected chi connectivity index (χ3v) is 2.24. The van der Waals surface area contributed by atoms with Crippen LogP contribution >= 0.6 is 0 Å². The highest BCUT2D eigenvalue weighted by atomic mass is 16.5. The fourth-order valence-electron chi connectivity index (χ4n) is 1.25. The molecule has 1 rings (SSSR count). The van der Waals surface area contributed by atoms with Crippen LogP contribution in [-0.4, -0.2) is 19.7 Å². The molecule has 0 fully saturated rings. The molecule has 3 heteroatoms. The molecule has 1 unspecified atom stereocenters. The summed E-state index contributed by atoms with van der Waals surface area (Å²) in [4.78, 5) is 0. The molecule has 0 heterocycles. The van der Waals surface area contributed by atoms with Crippen LogP contribution in [0.1, 0.15) is 13.3 Å². The Labute approximate surface area is 85.3 Å². The zero-order chi connectivity index (χ0) is 10.4. The first-order valence-corrected chi connectivity index (χ1v) is 4.90. The molecule has 0 saturated heterocycles. The monoisotopic (exact) mass is 194 g/mol. The minimum absolute atomic E-state index is 0.350. The lowest BCUT2D eigenvalue weighted by Crippen LogP contribution is -2.27. The van der Waals surface area contributed by atoms with Gasteiger partial charge in [-0.15, -0.1) is 0 Å². The topological polar surface area (TPSA) is 47.3 Å². The van der Waals surface area contributed by atoms with E-state index in [1.54, 1.807) is 7.11 Å². The van der Waals surface area contributed by atoms with E-state index in [1.807, 2.05) is 24.3 Å². The van der Waals surface area contributed by atoms with Gasteiger partial charge in [0.2, 0.25) is 0 Å². The van der Waals surface area contributed by atoms with Crippen LogP contribution in [-0.2, 0) is 0 Å². The zero-order valence-electron chi connectivity index (χ0n) is 8.79. The van der Waals surface area contributed by atoms with Crippen LogP contribution in [0.25, 0.3) is 0 Å². The number of nitrogens with one attached hydrogen (secondary N) is 1. The third-order valence-electron chi connectivity index (χ3n) is 2.24. The second-order valence-corrected chi connectivity index (χ2v) is 3.21. The molecular weight excluding hydrogens is 176 g/mol. The van der Waals surface area contributed by atoms with Crippen LogP contribution < -0.4 is 15.8 Å². The molecule has 1 aromatic carbocycles. The molecule has 0 bridgehead atoms. The van der Waals surface area contributed by atoms with Gasteiger partial charge in [0, 0.05) is 18.3 Å². The van der Waals surface area contributed by atoms with E-state index in [0.29, 0.717) is 12.6 Å². The Kier molecular flexibility index (Phi) is 4.26. The zero-order valence-corrected chi connectivity index (χ0v) is 8.79. The molecule has 0 spiro atoms. The summed E-state index contributed by atoms with van der Waals surface area (Å²) in [5.41, 5.74) is 6.69. The highest BCUT2D eigenvalue weighted by Crippen LogP contribution is 2.15. The van der Waals surface area contributed by atoms with Gasteiger partial charge in [0.15, 0.2) is 0 Å². The molecule has 1 atom stereocenters. The molecular formula is C11H18N2O. The standard InChI is InChI=1S/C11H18N2O/c1-3-9(8-12)13-10-4-6-11(14-2)7-5-10/h4-7,9,13H,3,8,12H2,1-2H3. The van der Waals surface area contributed by atoms with E-state index in [4.69, 9.17) is 10.5 Å². The lowest BCUT2D eigenvalue weighted by atomic mass is 10.2. The summed E-state index contributed by atoms with van der Waals surface area (Å²) in [6, 6.07) is 8.22. The largest absolute Gasteiger partial charge is 0.497 e. The first kappa shape index (κ1) is 10.9. The Morgan fingerprint density at radius 1 is 1.36 bits per heavy atom. The third kappa shape index (κ3) is 2.92. The van der Waals surface area contributed by atoms with Crippen LogP contribution in [0.15, 0.2) is 24.3 Å². The second kappa shape index (κ2) is 5.50. The Balaban J connectivity index is 2.58. The van der Waals surface area contributed by atoms with Crippen molar-refractivity contribution in [2.45, 2.75) is 19.4 Å². The second-order valence-electron chi connectivity index (χ2n) is 3.21. The van der Waals surface area contributed by atoms with Gasteiger partial charge in [0.05, 0.1) is 7.11 Å². The maximum atomic E-state index is 5.60. The fourth-order valence-corrected chi connectivity index (χ4v) is 1.25. The highest BCUT2D eigenvalue weighted by Gasteiger charge is 2.02. The maximum absolute atomic E-state index is 5.60. The number of nitrogens with two attached hydrogens (primary N) is 1. The number of methoxy groups -OCH3 is 1. The van der Waals surface area contributed by atoms with E-state index < -0.39 is 0 Å². The Bertz CT molecular complexity index is 254. The number of benzene rings is 1. The van der Waals surface area contributed by atoms with E-state index in [1.165, 1.54) is 0 Å². The summed E-state index contributed by atoms with van der Waals surface area (Å²) in [6.45, 7) is 2.77. The van der Waals surface area contributed by atoms with Gasteiger partial charge in [0.25, 0.3) is 0 Å². The summed E-state index contributed by atoms with van der Waals surface area (Å²) in [5, 5.41) is 3.35. The van der Waals surface area contributed by atoms with Gasteiger partial charge < -0.3 is 15.8 Å². The van der Waals surface area contributed by atoms with Crippen molar-refractivity contribution in [1.82, 2.24) is 0 Å². The van der Waals surface area contributed by atoms with E-state index in [-0.39, 0.29) is 0 Å². The normalized spacial score (nSPS) is 12.2. The van der Waals surface area contributed by atoms with E-state index >= 15 is 0 Å². The smallest absolute Gasteiger partial charge is 0.119 e. The Hall–Kier alpha value is -1.22. The summed E-state index contributed by atoms with van der Waals surface area (Å²) in [7, 11) is 1.66. The molecule has 0 amide bonds. The molecule has 1 aromatic rings. The molecule has 3 nitrogen and oxygen atoms in total. The maximum Gasteiger partial charge on any atom is 0.119 e. The van der Waals surface area contributed by atoms with Crippen molar-refractivity contribution in [3.8, 4) is 5.75 Å². The van der Waals surface area contributed by atoms with E-state index in [0.717, 1.165) is 17.9 Å². The van der Waals surface area contributed by atoms with Crippen LogP contribution in [0.3, 0.4) is 0 Å². The number of rotatable bonds is 5. The van der Waals surface area contributed by atoms with Gasteiger partial charge in [-0.1, -0.05) is 6.92 Å². The molecule has 78 valence electrons. The highest BCUT2D eigenvalue weighted by molar-refractivity contribution is 5.47. The first-order chi connectivity index (χ1) is 6.80. The quantitative estimate of drug-likeness (QED) is 0.752. The Morgan fingerprint density at radius 2 is 2.00 bits per heavy atom. The predicted molar refractivity (Wildman–Crippen MR) is 59.8 cm³/mol. The van der Waals surface area contributed by atoms with Crippen molar-refractivity contribution in [3.05, 3.63) is 24.3 Å². The average Bonchev–Trinajstić information content (AvgIpc) is 2.26. The molecule has 3 N–H and O–H groups in total. The van der Waals surface area contributed by atoms with Crippen molar-refractivity contribution in [1.29, 1.82) is 0 Å². The number of hydrogen-bond donors (Lipinski definition) is 2. The molecule has 0 aliphatic carbocycles. The lowest BCUT2D eigenvalue weighted by Gasteiger charge is -2.16. The molecule has 0 aromatic heterocycles. The van der Waals surface area contributed by atoms with E-state index in [2.05, 4.69) is 12.2 Å². The van der Waals surface area contributed by atoms with Crippen molar-refractivity contribution < 1.29 is 4.74 Å². The number of ether oxygens (including phenoxy) is 1. The van der Waals surface area contributed by atoms with Crippen molar-refractivity contribution >= 4 is 5.69 Å². The van der Waals surface area contributed by atoms with Gasteiger partial charge in [-0.05, 0) is 30.7 Å². The van der Waals surface area contributed by atoms with E-state index in [9.17, 15) is 0 Å². The predicted octanol–water partition coefficient (Wildman–Crippen LogP) is 1.84. The molecule has 0 saturated carbocycles. The Morgan fingerprint density at radius 3 is 2.43 bits per heavy atom.